The molecule has 0 spiro atoms. The zero-order valence-corrected chi connectivity index (χ0v) is 11.2. The molecule has 0 radical (unpaired) electrons. The molecule has 0 saturated heterocycles. The summed E-state index contributed by atoms with van der Waals surface area (Å²) in [5, 5.41) is -0.179. The van der Waals surface area contributed by atoms with E-state index in [1.807, 2.05) is 20.8 Å². The minimum Gasteiger partial charge on any atom is -0.440 e. The van der Waals surface area contributed by atoms with Crippen molar-refractivity contribution in [3.8, 4) is 5.75 Å². The summed E-state index contributed by atoms with van der Waals surface area (Å²) >= 11 is 5.72. The third-order valence-electron chi connectivity index (χ3n) is 2.31. The molecule has 104 valence electrons. The Morgan fingerprint density at radius 1 is 1.21 bits per heavy atom. The Labute approximate surface area is 112 Å². The van der Waals surface area contributed by atoms with Crippen molar-refractivity contribution in [1.82, 2.24) is 4.98 Å². The molecule has 2 rings (SSSR count). The summed E-state index contributed by atoms with van der Waals surface area (Å²) in [5.74, 6) is -0.0712. The highest BCUT2D eigenvalue weighted by molar-refractivity contribution is 6.32. The van der Waals surface area contributed by atoms with Crippen LogP contribution < -0.4 is 4.74 Å². The van der Waals surface area contributed by atoms with Crippen LogP contribution in [0, 0.1) is 0 Å². The first-order chi connectivity index (χ1) is 8.56. The number of alkyl halides is 3. The van der Waals surface area contributed by atoms with E-state index in [0.29, 0.717) is 11.5 Å². The number of ether oxygens (including phenoxy) is 1. The number of halogens is 4. The van der Waals surface area contributed by atoms with Gasteiger partial charge in [0.05, 0.1) is 5.02 Å². The minimum atomic E-state index is -4.80. The molecule has 19 heavy (non-hydrogen) atoms. The molecule has 0 bridgehead atoms. The van der Waals surface area contributed by atoms with Gasteiger partial charge in [-0.2, -0.15) is 0 Å². The van der Waals surface area contributed by atoms with Crippen LogP contribution in [-0.4, -0.2) is 11.3 Å². The van der Waals surface area contributed by atoms with Crippen LogP contribution in [0.4, 0.5) is 13.2 Å². The smallest absolute Gasteiger partial charge is 0.440 e. The first kappa shape index (κ1) is 14.0. The van der Waals surface area contributed by atoms with E-state index in [1.54, 1.807) is 0 Å². The number of benzene rings is 1. The van der Waals surface area contributed by atoms with Crippen molar-refractivity contribution in [2.45, 2.75) is 32.5 Å². The molecular formula is C12H11ClF3NO2. The summed E-state index contributed by atoms with van der Waals surface area (Å²) in [7, 11) is 0. The van der Waals surface area contributed by atoms with Crippen LogP contribution in [0.3, 0.4) is 0 Å². The highest BCUT2D eigenvalue weighted by atomic mass is 35.5. The predicted octanol–water partition coefficient (Wildman–Crippen LogP) is 4.68. The fraction of sp³-hybridized carbons (Fsp3) is 0.417. The lowest BCUT2D eigenvalue weighted by Gasteiger charge is -2.11. The Bertz CT molecular complexity index is 614. The van der Waals surface area contributed by atoms with E-state index >= 15 is 0 Å². The molecule has 2 aromatic rings. The van der Waals surface area contributed by atoms with Gasteiger partial charge in [0.2, 0.25) is 5.89 Å². The van der Waals surface area contributed by atoms with Crippen LogP contribution in [0.15, 0.2) is 16.5 Å². The summed E-state index contributed by atoms with van der Waals surface area (Å²) in [6.07, 6.45) is -4.80. The minimum absolute atomic E-state index is 0.179. The van der Waals surface area contributed by atoms with E-state index in [2.05, 4.69) is 9.72 Å². The summed E-state index contributed by atoms with van der Waals surface area (Å²) in [6, 6.07) is 2.38. The van der Waals surface area contributed by atoms with Crippen molar-refractivity contribution in [1.29, 1.82) is 0 Å². The Balaban J connectivity index is 2.50. The molecule has 0 aliphatic heterocycles. The van der Waals surface area contributed by atoms with Crippen LogP contribution >= 0.6 is 11.6 Å². The van der Waals surface area contributed by atoms with Crippen molar-refractivity contribution in [2.75, 3.05) is 0 Å². The fourth-order valence-electron chi connectivity index (χ4n) is 1.45. The summed E-state index contributed by atoms with van der Waals surface area (Å²) in [6.45, 7) is 5.64. The number of rotatable bonds is 1. The van der Waals surface area contributed by atoms with Gasteiger partial charge in [-0.3, -0.25) is 0 Å². The average Bonchev–Trinajstić information content (AvgIpc) is 2.58. The predicted molar refractivity (Wildman–Crippen MR) is 64.4 cm³/mol. The third kappa shape index (κ3) is 3.12. The number of hydrogen-bond acceptors (Lipinski definition) is 3. The number of oxazole rings is 1. The van der Waals surface area contributed by atoms with Crippen LogP contribution in [-0.2, 0) is 5.41 Å². The van der Waals surface area contributed by atoms with Crippen LogP contribution in [0.1, 0.15) is 26.7 Å². The van der Waals surface area contributed by atoms with Crippen LogP contribution in [0.5, 0.6) is 5.75 Å². The Hall–Kier alpha value is -1.43. The van der Waals surface area contributed by atoms with Gasteiger partial charge in [0, 0.05) is 17.5 Å². The van der Waals surface area contributed by atoms with Gasteiger partial charge in [-0.25, -0.2) is 4.98 Å². The van der Waals surface area contributed by atoms with Crippen LogP contribution in [0.25, 0.3) is 11.1 Å². The second-order valence-electron chi connectivity index (χ2n) is 5.07. The molecule has 3 nitrogen and oxygen atoms in total. The highest BCUT2D eigenvalue weighted by Gasteiger charge is 2.32. The SMILES string of the molecule is CC(C)(C)c1nc2cc(OC(F)(F)F)c(Cl)cc2o1. The lowest BCUT2D eigenvalue weighted by atomic mass is 9.97. The monoisotopic (exact) mass is 293 g/mol. The Morgan fingerprint density at radius 2 is 1.84 bits per heavy atom. The largest absolute Gasteiger partial charge is 0.573 e. The van der Waals surface area contributed by atoms with Crippen molar-refractivity contribution in [3.63, 3.8) is 0 Å². The van der Waals surface area contributed by atoms with Gasteiger partial charge in [-0.05, 0) is 0 Å². The molecular weight excluding hydrogens is 283 g/mol. The quantitative estimate of drug-likeness (QED) is 0.766. The van der Waals surface area contributed by atoms with Gasteiger partial charge < -0.3 is 9.15 Å². The Morgan fingerprint density at radius 3 is 2.37 bits per heavy atom. The molecule has 0 fully saturated rings. The molecule has 0 aliphatic carbocycles. The van der Waals surface area contributed by atoms with E-state index < -0.39 is 12.1 Å². The molecule has 0 amide bonds. The van der Waals surface area contributed by atoms with Gasteiger partial charge in [-0.1, -0.05) is 32.4 Å². The maximum Gasteiger partial charge on any atom is 0.573 e. The maximum absolute atomic E-state index is 12.2. The van der Waals surface area contributed by atoms with Crippen molar-refractivity contribution >= 4 is 22.7 Å². The molecule has 0 unspecified atom stereocenters. The molecule has 1 aromatic heterocycles. The van der Waals surface area contributed by atoms with Crippen molar-refractivity contribution in [3.05, 3.63) is 23.0 Å². The molecule has 0 atom stereocenters. The van der Waals surface area contributed by atoms with Gasteiger partial charge in [0.25, 0.3) is 0 Å². The van der Waals surface area contributed by atoms with Gasteiger partial charge in [0.1, 0.15) is 11.3 Å². The lowest BCUT2D eigenvalue weighted by molar-refractivity contribution is -0.274. The molecule has 1 aromatic carbocycles. The summed E-state index contributed by atoms with van der Waals surface area (Å²) in [4.78, 5) is 4.14. The van der Waals surface area contributed by atoms with E-state index in [1.165, 1.54) is 6.07 Å². The number of fused-ring (bicyclic) bond motifs is 1. The zero-order chi connectivity index (χ0) is 14.4. The maximum atomic E-state index is 12.2. The van der Waals surface area contributed by atoms with E-state index in [4.69, 9.17) is 16.0 Å². The first-order valence-electron chi connectivity index (χ1n) is 5.42. The van der Waals surface area contributed by atoms with E-state index in [0.717, 1.165) is 6.07 Å². The zero-order valence-electron chi connectivity index (χ0n) is 10.4. The molecule has 0 saturated carbocycles. The second-order valence-corrected chi connectivity index (χ2v) is 5.47. The van der Waals surface area contributed by atoms with Gasteiger partial charge in [0.15, 0.2) is 5.58 Å². The average molecular weight is 294 g/mol. The number of nitrogens with zero attached hydrogens (tertiary/aromatic N) is 1. The Kier molecular flexibility index (Phi) is 3.16. The van der Waals surface area contributed by atoms with Gasteiger partial charge >= 0.3 is 6.36 Å². The molecule has 0 aliphatic rings. The second kappa shape index (κ2) is 4.30. The van der Waals surface area contributed by atoms with Crippen LogP contribution in [0.2, 0.25) is 5.02 Å². The third-order valence-corrected chi connectivity index (χ3v) is 2.60. The van der Waals surface area contributed by atoms with Gasteiger partial charge in [-0.15, -0.1) is 13.2 Å². The normalized spacial score (nSPS) is 13.0. The van der Waals surface area contributed by atoms with Crippen molar-refractivity contribution in [2.24, 2.45) is 0 Å². The first-order valence-corrected chi connectivity index (χ1v) is 5.80. The van der Waals surface area contributed by atoms with Crippen molar-refractivity contribution < 1.29 is 22.3 Å². The van der Waals surface area contributed by atoms with E-state index in [9.17, 15) is 13.2 Å². The lowest BCUT2D eigenvalue weighted by Crippen LogP contribution is -2.17. The highest BCUT2D eigenvalue weighted by Crippen LogP contribution is 2.35. The number of aromatic nitrogens is 1. The fourth-order valence-corrected chi connectivity index (χ4v) is 1.65. The molecule has 7 heteroatoms. The molecule has 1 heterocycles. The standard InChI is InChI=1S/C12H11ClF3NO2/c1-11(2,3)10-17-7-5-8(19-12(14,15)16)6(13)4-9(7)18-10/h4-5H,1-3H3. The number of hydrogen-bond donors (Lipinski definition) is 0. The summed E-state index contributed by atoms with van der Waals surface area (Å²) < 4.78 is 45.9. The van der Waals surface area contributed by atoms with E-state index in [-0.39, 0.29) is 16.0 Å². The topological polar surface area (TPSA) is 35.3 Å². The molecule has 0 N–H and O–H groups in total. The summed E-state index contributed by atoms with van der Waals surface area (Å²) in [5.41, 5.74) is 0.245.